The highest BCUT2D eigenvalue weighted by Gasteiger charge is 2.50. The van der Waals surface area contributed by atoms with Gasteiger partial charge in [0.15, 0.2) is 0 Å². The van der Waals surface area contributed by atoms with Crippen molar-refractivity contribution in [2.45, 2.75) is 30.5 Å². The van der Waals surface area contributed by atoms with Crippen LogP contribution in [0.2, 0.25) is 0 Å². The quantitative estimate of drug-likeness (QED) is 0.326. The molecule has 1 fully saturated rings. The van der Waals surface area contributed by atoms with Crippen molar-refractivity contribution in [1.29, 1.82) is 0 Å². The molecule has 6 N–H and O–H groups in total. The Kier molecular flexibility index (Phi) is 5.06. The van der Waals surface area contributed by atoms with E-state index < -0.39 is 30.7 Å². The molecule has 1 rings (SSSR count). The molecule has 7 heteroatoms. The predicted octanol–water partition coefficient (Wildman–Crippen LogP) is -2.85. The Labute approximate surface area is 93.4 Å². The maximum absolute atomic E-state index is 9.71. The summed E-state index contributed by atoms with van der Waals surface area (Å²) in [5, 5.41) is 37.6. The summed E-state index contributed by atoms with van der Waals surface area (Å²) in [7, 11) is 0. The van der Waals surface area contributed by atoms with E-state index in [1.165, 1.54) is 0 Å². The molecule has 0 amide bonds. The van der Waals surface area contributed by atoms with Crippen molar-refractivity contribution in [3.63, 3.8) is 0 Å². The van der Waals surface area contributed by atoms with E-state index in [9.17, 15) is 20.4 Å². The second-order valence-corrected chi connectivity index (χ2v) is 3.77. The number of ether oxygens (including phenoxy) is 2. The summed E-state index contributed by atoms with van der Waals surface area (Å²) in [6.07, 6.45) is -3.55. The van der Waals surface area contributed by atoms with Crippen molar-refractivity contribution in [1.82, 2.24) is 0 Å². The summed E-state index contributed by atoms with van der Waals surface area (Å²) in [5.41, 5.74) is 5.28. The fourth-order valence-electron chi connectivity index (χ4n) is 1.52. The summed E-state index contributed by atoms with van der Waals surface area (Å²) in [4.78, 5) is 0. The van der Waals surface area contributed by atoms with Crippen LogP contribution < -0.4 is 5.73 Å². The van der Waals surface area contributed by atoms with Crippen molar-refractivity contribution in [3.05, 3.63) is 0 Å². The standard InChI is InChI=1S/C9H19NO6/c10-2-1-3-15-9(5-11)8(14)7(13)6(12)4-16-9/h6-8,11-14H,1-5,10H2/t6-,7-,8+,9-/m1/s1. The first-order chi connectivity index (χ1) is 7.57. The molecule has 0 aromatic carbocycles. The van der Waals surface area contributed by atoms with E-state index in [-0.39, 0.29) is 13.2 Å². The van der Waals surface area contributed by atoms with Gasteiger partial charge in [-0.1, -0.05) is 0 Å². The molecule has 0 aromatic heterocycles. The van der Waals surface area contributed by atoms with Crippen molar-refractivity contribution >= 4 is 0 Å². The van der Waals surface area contributed by atoms with Gasteiger partial charge in [0.25, 0.3) is 0 Å². The molecule has 0 spiro atoms. The minimum atomic E-state index is -1.67. The van der Waals surface area contributed by atoms with Gasteiger partial charge in [0.2, 0.25) is 5.79 Å². The first-order valence-corrected chi connectivity index (χ1v) is 5.20. The third-order valence-electron chi connectivity index (χ3n) is 2.58. The molecule has 0 saturated carbocycles. The number of nitrogens with two attached hydrogens (primary N) is 1. The number of aliphatic hydroxyl groups is 4. The van der Waals surface area contributed by atoms with Gasteiger partial charge in [0.05, 0.1) is 13.2 Å². The van der Waals surface area contributed by atoms with Gasteiger partial charge in [-0.2, -0.15) is 0 Å². The number of hydrogen-bond donors (Lipinski definition) is 5. The molecule has 1 aliphatic rings. The zero-order valence-electron chi connectivity index (χ0n) is 8.95. The molecule has 0 radical (unpaired) electrons. The summed E-state index contributed by atoms with van der Waals surface area (Å²) >= 11 is 0. The van der Waals surface area contributed by atoms with E-state index in [2.05, 4.69) is 0 Å². The summed E-state index contributed by atoms with van der Waals surface area (Å²) < 4.78 is 10.3. The Hall–Kier alpha value is -0.280. The predicted molar refractivity (Wildman–Crippen MR) is 53.4 cm³/mol. The van der Waals surface area contributed by atoms with E-state index >= 15 is 0 Å². The molecule has 1 saturated heterocycles. The second-order valence-electron chi connectivity index (χ2n) is 3.77. The Morgan fingerprint density at radius 1 is 1.38 bits per heavy atom. The van der Waals surface area contributed by atoms with Gasteiger partial charge in [-0.15, -0.1) is 0 Å². The van der Waals surface area contributed by atoms with Gasteiger partial charge in [-0.25, -0.2) is 0 Å². The van der Waals surface area contributed by atoms with Gasteiger partial charge in [-0.3, -0.25) is 0 Å². The van der Waals surface area contributed by atoms with Crippen LogP contribution in [0.5, 0.6) is 0 Å². The summed E-state index contributed by atoms with van der Waals surface area (Å²) in [5.74, 6) is -1.67. The Morgan fingerprint density at radius 2 is 2.06 bits per heavy atom. The van der Waals surface area contributed by atoms with E-state index in [1.54, 1.807) is 0 Å². The fraction of sp³-hybridized carbons (Fsp3) is 1.00. The van der Waals surface area contributed by atoms with E-state index in [0.29, 0.717) is 13.0 Å². The maximum atomic E-state index is 9.71. The van der Waals surface area contributed by atoms with Crippen LogP contribution in [-0.2, 0) is 9.47 Å². The lowest BCUT2D eigenvalue weighted by atomic mass is 9.97. The monoisotopic (exact) mass is 237 g/mol. The molecule has 0 bridgehead atoms. The normalized spacial score (nSPS) is 39.9. The SMILES string of the molecule is NCCCO[C@]1(CO)OC[C@@H](O)[C@@H](O)[C@@H]1O. The van der Waals surface area contributed by atoms with E-state index in [4.69, 9.17) is 15.2 Å². The minimum absolute atomic E-state index is 0.191. The number of aliphatic hydroxyl groups excluding tert-OH is 4. The Balaban J connectivity index is 2.63. The smallest absolute Gasteiger partial charge is 0.221 e. The second kappa shape index (κ2) is 5.87. The first-order valence-electron chi connectivity index (χ1n) is 5.20. The summed E-state index contributed by atoms with van der Waals surface area (Å²) in [6, 6.07) is 0. The maximum Gasteiger partial charge on any atom is 0.221 e. The zero-order chi connectivity index (χ0) is 12.2. The molecule has 1 heterocycles. The van der Waals surface area contributed by atoms with Gasteiger partial charge in [-0.05, 0) is 13.0 Å². The average Bonchev–Trinajstić information content (AvgIpc) is 2.30. The molecule has 1 aliphatic heterocycles. The third kappa shape index (κ3) is 2.69. The Morgan fingerprint density at radius 3 is 2.62 bits per heavy atom. The number of hydrogen-bond acceptors (Lipinski definition) is 7. The highest BCUT2D eigenvalue weighted by molar-refractivity contribution is 4.92. The van der Waals surface area contributed by atoms with Crippen LogP contribution in [0.1, 0.15) is 6.42 Å². The lowest BCUT2D eigenvalue weighted by Gasteiger charge is -2.43. The van der Waals surface area contributed by atoms with Crippen molar-refractivity contribution < 1.29 is 29.9 Å². The highest BCUT2D eigenvalue weighted by atomic mass is 16.7. The molecule has 7 nitrogen and oxygen atoms in total. The topological polar surface area (TPSA) is 125 Å². The van der Waals surface area contributed by atoms with E-state index in [1.807, 2.05) is 0 Å². The molecule has 0 unspecified atom stereocenters. The molecular weight excluding hydrogens is 218 g/mol. The van der Waals surface area contributed by atoms with Crippen molar-refractivity contribution in [2.24, 2.45) is 5.73 Å². The highest BCUT2D eigenvalue weighted by Crippen LogP contribution is 2.27. The molecule has 0 aliphatic carbocycles. The Bertz CT molecular complexity index is 216. The van der Waals surface area contributed by atoms with Crippen LogP contribution in [0.15, 0.2) is 0 Å². The summed E-state index contributed by atoms with van der Waals surface area (Å²) in [6.45, 7) is -0.219. The lowest BCUT2D eigenvalue weighted by molar-refractivity contribution is -0.348. The largest absolute Gasteiger partial charge is 0.391 e. The number of rotatable bonds is 5. The van der Waals surface area contributed by atoms with Crippen LogP contribution in [0.3, 0.4) is 0 Å². The molecular formula is C9H19NO6. The fourth-order valence-corrected chi connectivity index (χ4v) is 1.52. The van der Waals surface area contributed by atoms with Crippen LogP contribution in [0, 0.1) is 0 Å². The zero-order valence-corrected chi connectivity index (χ0v) is 8.95. The van der Waals surface area contributed by atoms with E-state index in [0.717, 1.165) is 0 Å². The molecule has 0 aromatic rings. The average molecular weight is 237 g/mol. The lowest BCUT2D eigenvalue weighted by Crippen LogP contribution is -2.63. The van der Waals surface area contributed by atoms with Crippen LogP contribution in [0.25, 0.3) is 0 Å². The minimum Gasteiger partial charge on any atom is -0.391 e. The molecule has 4 atom stereocenters. The van der Waals surface area contributed by atoms with Crippen LogP contribution >= 0.6 is 0 Å². The van der Waals surface area contributed by atoms with Crippen molar-refractivity contribution in [2.75, 3.05) is 26.4 Å². The molecule has 96 valence electrons. The third-order valence-corrected chi connectivity index (χ3v) is 2.58. The van der Waals surface area contributed by atoms with Gasteiger partial charge < -0.3 is 35.6 Å². The van der Waals surface area contributed by atoms with Crippen molar-refractivity contribution in [3.8, 4) is 0 Å². The van der Waals surface area contributed by atoms with Gasteiger partial charge >= 0.3 is 0 Å². The molecule has 16 heavy (non-hydrogen) atoms. The first kappa shape index (κ1) is 13.8. The van der Waals surface area contributed by atoms with Gasteiger partial charge in [0, 0.05) is 0 Å². The van der Waals surface area contributed by atoms with Crippen LogP contribution in [0.4, 0.5) is 0 Å². The van der Waals surface area contributed by atoms with Crippen LogP contribution in [-0.4, -0.2) is 70.9 Å². The van der Waals surface area contributed by atoms with Gasteiger partial charge in [0.1, 0.15) is 24.9 Å².